The summed E-state index contributed by atoms with van der Waals surface area (Å²) in [5.41, 5.74) is -4.27. The number of hydrogen-bond acceptors (Lipinski definition) is 5. The molecule has 4 aromatic rings. The van der Waals surface area contributed by atoms with E-state index in [2.05, 4.69) is 5.32 Å². The SMILES string of the molecule is COc1cccc(-c2c(C)n(Cc3c(F)cccc3C(F)(F)F)c(=O)n(C[C@H](NCCCC(=O)O)c3ccccc3)c2=O)c1F.[H-].[Na+]. The number of hydrogen-bond donors (Lipinski definition) is 2. The second-order valence-electron chi connectivity index (χ2n) is 10.2. The van der Waals surface area contributed by atoms with Gasteiger partial charge in [0.2, 0.25) is 0 Å². The Morgan fingerprint density at radius 2 is 1.67 bits per heavy atom. The van der Waals surface area contributed by atoms with Crippen molar-refractivity contribution >= 4 is 5.97 Å². The van der Waals surface area contributed by atoms with Crippen molar-refractivity contribution in [2.24, 2.45) is 0 Å². The molecular weight excluding hydrogens is 624 g/mol. The van der Waals surface area contributed by atoms with Gasteiger partial charge in [0, 0.05) is 23.2 Å². The van der Waals surface area contributed by atoms with E-state index in [0.29, 0.717) is 11.6 Å². The number of carbonyl (C=O) groups is 1. The van der Waals surface area contributed by atoms with Gasteiger partial charge in [-0.05, 0) is 43.7 Å². The van der Waals surface area contributed by atoms with E-state index in [-0.39, 0.29) is 79.5 Å². The summed E-state index contributed by atoms with van der Waals surface area (Å²) in [6.07, 6.45) is -4.88. The van der Waals surface area contributed by atoms with Crippen LogP contribution in [0.5, 0.6) is 5.75 Å². The molecule has 2 N–H and O–H groups in total. The number of halogens is 5. The molecule has 240 valence electrons. The van der Waals surface area contributed by atoms with Crippen LogP contribution in [0, 0.1) is 18.6 Å². The Kier molecular flexibility index (Phi) is 12.5. The number of alkyl halides is 3. The first kappa shape index (κ1) is 36.7. The third kappa shape index (κ3) is 8.13. The van der Waals surface area contributed by atoms with Crippen LogP contribution in [0.1, 0.15) is 42.7 Å². The van der Waals surface area contributed by atoms with Crippen LogP contribution in [0.25, 0.3) is 11.1 Å². The summed E-state index contributed by atoms with van der Waals surface area (Å²) in [6, 6.07) is 14.2. The van der Waals surface area contributed by atoms with E-state index in [4.69, 9.17) is 9.84 Å². The molecule has 0 saturated heterocycles. The minimum Gasteiger partial charge on any atom is -1.00 e. The van der Waals surface area contributed by atoms with Crippen molar-refractivity contribution in [3.05, 3.63) is 122 Å². The van der Waals surface area contributed by atoms with Crippen LogP contribution in [0.4, 0.5) is 22.0 Å². The first-order chi connectivity index (χ1) is 21.3. The second-order valence-corrected chi connectivity index (χ2v) is 10.2. The molecule has 0 fully saturated rings. The summed E-state index contributed by atoms with van der Waals surface area (Å²) >= 11 is 0. The maximum absolute atomic E-state index is 15.6. The Hall–Kier alpha value is -3.78. The van der Waals surface area contributed by atoms with Crippen LogP contribution < -0.4 is 50.9 Å². The van der Waals surface area contributed by atoms with E-state index < -0.39 is 58.7 Å². The fourth-order valence-corrected chi connectivity index (χ4v) is 5.13. The fraction of sp³-hybridized carbons (Fsp3) is 0.281. The summed E-state index contributed by atoms with van der Waals surface area (Å²) in [6.45, 7) is 0.181. The number of carboxylic acids is 1. The van der Waals surface area contributed by atoms with Crippen molar-refractivity contribution in [2.75, 3.05) is 13.7 Å². The van der Waals surface area contributed by atoms with E-state index >= 15 is 4.39 Å². The molecule has 1 aromatic heterocycles. The first-order valence-electron chi connectivity index (χ1n) is 13.9. The molecule has 0 saturated carbocycles. The van der Waals surface area contributed by atoms with Gasteiger partial charge in [0.1, 0.15) is 5.82 Å². The molecule has 8 nitrogen and oxygen atoms in total. The molecule has 0 spiro atoms. The summed E-state index contributed by atoms with van der Waals surface area (Å²) in [5.74, 6) is -3.39. The number of rotatable bonds is 12. The van der Waals surface area contributed by atoms with Crippen LogP contribution in [0.15, 0.2) is 76.3 Å². The molecule has 0 aliphatic carbocycles. The van der Waals surface area contributed by atoms with Crippen LogP contribution in [0.2, 0.25) is 0 Å². The van der Waals surface area contributed by atoms with Crippen molar-refractivity contribution in [3.8, 4) is 16.9 Å². The minimum absolute atomic E-state index is 0. The molecule has 0 aliphatic rings. The Labute approximate surface area is 284 Å². The van der Waals surface area contributed by atoms with Crippen LogP contribution in [-0.4, -0.2) is 33.9 Å². The van der Waals surface area contributed by atoms with Crippen molar-refractivity contribution in [2.45, 2.75) is 45.1 Å². The van der Waals surface area contributed by atoms with Gasteiger partial charge in [-0.25, -0.2) is 13.6 Å². The Morgan fingerprint density at radius 1 is 1.00 bits per heavy atom. The first-order valence-corrected chi connectivity index (χ1v) is 13.9. The zero-order chi connectivity index (χ0) is 32.9. The molecule has 1 heterocycles. The number of aliphatic carboxylic acids is 1. The average Bonchev–Trinajstić information content (AvgIpc) is 2.99. The van der Waals surface area contributed by atoms with E-state index in [1.165, 1.54) is 32.2 Å². The quantitative estimate of drug-likeness (QED) is 0.138. The topological polar surface area (TPSA) is 103 Å². The zero-order valence-electron chi connectivity index (χ0n) is 26.3. The monoisotopic (exact) mass is 655 g/mol. The number of methoxy groups -OCH3 is 1. The number of ether oxygens (including phenoxy) is 1. The van der Waals surface area contributed by atoms with Gasteiger partial charge in [-0.2, -0.15) is 13.2 Å². The van der Waals surface area contributed by atoms with Gasteiger partial charge in [-0.15, -0.1) is 0 Å². The van der Waals surface area contributed by atoms with Gasteiger partial charge in [0.05, 0.1) is 37.4 Å². The average molecular weight is 656 g/mol. The second kappa shape index (κ2) is 15.7. The molecule has 46 heavy (non-hydrogen) atoms. The van der Waals surface area contributed by atoms with Crippen molar-refractivity contribution in [3.63, 3.8) is 0 Å². The van der Waals surface area contributed by atoms with E-state index in [9.17, 15) is 31.9 Å². The van der Waals surface area contributed by atoms with E-state index in [1.54, 1.807) is 30.3 Å². The smallest absolute Gasteiger partial charge is 1.00 e. The number of nitrogens with one attached hydrogen (secondary N) is 1. The van der Waals surface area contributed by atoms with Gasteiger partial charge in [-0.1, -0.05) is 48.5 Å². The normalized spacial score (nSPS) is 12.0. The Bertz CT molecular complexity index is 1820. The molecule has 1 atom stereocenters. The molecule has 0 bridgehead atoms. The number of nitrogens with zero attached hydrogens (tertiary/aromatic N) is 2. The molecule has 0 unspecified atom stereocenters. The van der Waals surface area contributed by atoms with Gasteiger partial charge in [0.15, 0.2) is 11.6 Å². The Balaban J connectivity index is 0.00000384. The number of carboxylic acid groups (broad SMARTS) is 1. The summed E-state index contributed by atoms with van der Waals surface area (Å²) in [5, 5.41) is 12.1. The fourth-order valence-electron chi connectivity index (χ4n) is 5.13. The number of aromatic nitrogens is 2. The van der Waals surface area contributed by atoms with Crippen molar-refractivity contribution in [1.82, 2.24) is 14.5 Å². The predicted octanol–water partition coefficient (Wildman–Crippen LogP) is 2.65. The van der Waals surface area contributed by atoms with Gasteiger partial charge >= 0.3 is 47.4 Å². The third-order valence-electron chi connectivity index (χ3n) is 7.41. The van der Waals surface area contributed by atoms with Gasteiger partial charge < -0.3 is 16.6 Å². The molecule has 0 amide bonds. The van der Waals surface area contributed by atoms with Gasteiger partial charge in [-0.3, -0.25) is 18.7 Å². The van der Waals surface area contributed by atoms with Crippen molar-refractivity contribution < 1.29 is 67.6 Å². The molecule has 14 heteroatoms. The van der Waals surface area contributed by atoms with Crippen LogP contribution in [0.3, 0.4) is 0 Å². The molecule has 0 aliphatic heterocycles. The third-order valence-corrected chi connectivity index (χ3v) is 7.41. The van der Waals surface area contributed by atoms with Crippen LogP contribution >= 0.6 is 0 Å². The molecule has 3 aromatic carbocycles. The zero-order valence-corrected chi connectivity index (χ0v) is 27.3. The molecule has 0 radical (unpaired) electrons. The van der Waals surface area contributed by atoms with Crippen molar-refractivity contribution in [1.29, 1.82) is 0 Å². The van der Waals surface area contributed by atoms with Crippen LogP contribution in [-0.2, 0) is 24.1 Å². The largest absolute Gasteiger partial charge is 1.00 e. The molecule has 4 rings (SSSR count). The predicted molar refractivity (Wildman–Crippen MR) is 157 cm³/mol. The molecular formula is C32H31F5N3NaO5. The van der Waals surface area contributed by atoms with E-state index in [0.717, 1.165) is 21.3 Å². The number of benzene rings is 3. The van der Waals surface area contributed by atoms with E-state index in [1.807, 2.05) is 0 Å². The standard InChI is InChI=1S/C32H30F5N3O5.Na.H/c1-19-28(21-11-6-14-26(45-2)29(21)34)30(43)40(18-25(20-9-4-3-5-10-20)38-16-8-15-27(41)42)31(44)39(19)17-22-23(32(35,36)37)12-7-13-24(22)33;;/h3-7,9-14,25,38H,8,15-18H2,1-2H3,(H,41,42);;/q;+1;-1/t25-;;/m0../s1. The minimum atomic E-state index is -4.95. The summed E-state index contributed by atoms with van der Waals surface area (Å²) < 4.78 is 78.8. The summed E-state index contributed by atoms with van der Waals surface area (Å²) in [7, 11) is 1.21. The Morgan fingerprint density at radius 3 is 2.30 bits per heavy atom. The summed E-state index contributed by atoms with van der Waals surface area (Å²) in [4.78, 5) is 39.0. The maximum Gasteiger partial charge on any atom is 1.00 e. The maximum atomic E-state index is 15.6. The van der Waals surface area contributed by atoms with Gasteiger partial charge in [0.25, 0.3) is 5.56 Å².